The standard InChI is InChI=1S/C27H46N2O6.ClH/c1-14-20(30)21(31)22(32)24(34-14)35-16-7-10-25(2)15(13-16)5-6-18-17(25)8-11-26(3)19(23(33)29-4)9-12-27(18,26)28;/h14-22,24,30-32H,5-13,28H2,1-4H3,(H,29,33);1H/t14-,15?,16?,17-,18+,19?,20-,21+,22+,24-,25-,26+,27?;/m0./s1. The van der Waals surface area contributed by atoms with Crippen LogP contribution in [0.15, 0.2) is 0 Å². The molecule has 9 heteroatoms. The summed E-state index contributed by atoms with van der Waals surface area (Å²) in [6, 6.07) is 0. The van der Waals surface area contributed by atoms with E-state index in [9.17, 15) is 20.1 Å². The Morgan fingerprint density at radius 1 is 0.972 bits per heavy atom. The highest BCUT2D eigenvalue weighted by molar-refractivity contribution is 5.85. The van der Waals surface area contributed by atoms with Crippen LogP contribution in [0.25, 0.3) is 0 Å². The van der Waals surface area contributed by atoms with Gasteiger partial charge in [-0.25, -0.2) is 0 Å². The molecule has 0 aromatic heterocycles. The normalized spacial score (nSPS) is 54.4. The van der Waals surface area contributed by atoms with Crippen molar-refractivity contribution in [1.82, 2.24) is 5.32 Å². The fourth-order valence-electron chi connectivity index (χ4n) is 9.32. The third kappa shape index (κ3) is 4.05. The van der Waals surface area contributed by atoms with Crippen molar-refractivity contribution in [2.45, 2.75) is 121 Å². The number of amides is 1. The highest BCUT2D eigenvalue weighted by Gasteiger charge is 2.67. The molecule has 8 nitrogen and oxygen atoms in total. The van der Waals surface area contributed by atoms with Crippen LogP contribution in [0.2, 0.25) is 0 Å². The lowest BCUT2D eigenvalue weighted by molar-refractivity contribution is -0.309. The van der Waals surface area contributed by atoms with E-state index in [1.165, 1.54) is 0 Å². The van der Waals surface area contributed by atoms with Crippen LogP contribution in [-0.2, 0) is 14.3 Å². The number of carbonyl (C=O) groups is 1. The Morgan fingerprint density at radius 3 is 2.39 bits per heavy atom. The minimum atomic E-state index is -1.27. The predicted octanol–water partition coefficient (Wildman–Crippen LogP) is 2.11. The van der Waals surface area contributed by atoms with Gasteiger partial charge in [-0.1, -0.05) is 13.8 Å². The van der Waals surface area contributed by atoms with Gasteiger partial charge in [0.15, 0.2) is 6.29 Å². The molecule has 4 aliphatic carbocycles. The van der Waals surface area contributed by atoms with Gasteiger partial charge in [0.05, 0.1) is 12.2 Å². The summed E-state index contributed by atoms with van der Waals surface area (Å²) < 4.78 is 11.9. The van der Waals surface area contributed by atoms with Crippen LogP contribution in [-0.4, -0.2) is 70.6 Å². The van der Waals surface area contributed by atoms with Crippen LogP contribution in [0, 0.1) is 34.5 Å². The van der Waals surface area contributed by atoms with Crippen molar-refractivity contribution in [3.8, 4) is 0 Å². The number of ether oxygens (including phenoxy) is 2. The van der Waals surface area contributed by atoms with Crippen LogP contribution >= 0.6 is 12.4 Å². The Kier molecular flexibility index (Phi) is 7.86. The molecular weight excluding hydrogens is 484 g/mol. The van der Waals surface area contributed by atoms with Crippen molar-refractivity contribution in [3.63, 3.8) is 0 Å². The lowest BCUT2D eigenvalue weighted by Crippen LogP contribution is -2.67. The number of nitrogens with one attached hydrogen (secondary N) is 1. The van der Waals surface area contributed by atoms with Gasteiger partial charge in [0.2, 0.25) is 5.91 Å². The monoisotopic (exact) mass is 530 g/mol. The number of halogens is 1. The van der Waals surface area contributed by atoms with E-state index in [1.54, 1.807) is 14.0 Å². The summed E-state index contributed by atoms with van der Waals surface area (Å²) in [6.45, 7) is 6.42. The second kappa shape index (κ2) is 9.92. The summed E-state index contributed by atoms with van der Waals surface area (Å²) in [5.74, 6) is 1.66. The number of hydrogen-bond donors (Lipinski definition) is 5. The smallest absolute Gasteiger partial charge is 0.223 e. The highest BCUT2D eigenvalue weighted by Crippen LogP contribution is 2.68. The van der Waals surface area contributed by atoms with E-state index in [0.717, 1.165) is 57.8 Å². The Labute approximate surface area is 221 Å². The summed E-state index contributed by atoms with van der Waals surface area (Å²) in [4.78, 5) is 12.7. The third-order valence-electron chi connectivity index (χ3n) is 11.7. The van der Waals surface area contributed by atoms with Crippen molar-refractivity contribution in [2.24, 2.45) is 40.2 Å². The maximum absolute atomic E-state index is 12.7. The molecule has 13 atom stereocenters. The molecule has 0 bridgehead atoms. The molecule has 1 heterocycles. The molecule has 0 aromatic carbocycles. The molecule has 1 aliphatic heterocycles. The molecule has 0 radical (unpaired) electrons. The second-order valence-corrected chi connectivity index (χ2v) is 12.9. The van der Waals surface area contributed by atoms with E-state index in [-0.39, 0.29) is 46.7 Å². The van der Waals surface area contributed by atoms with Crippen molar-refractivity contribution < 1.29 is 29.6 Å². The fraction of sp³-hybridized carbons (Fsp3) is 0.963. The lowest BCUT2D eigenvalue weighted by atomic mass is 9.42. The zero-order chi connectivity index (χ0) is 25.3. The van der Waals surface area contributed by atoms with Gasteiger partial charge >= 0.3 is 0 Å². The first kappa shape index (κ1) is 28.5. The first-order valence-corrected chi connectivity index (χ1v) is 13.8. The molecular formula is C27H47ClN2O6. The van der Waals surface area contributed by atoms with Gasteiger partial charge in [-0.3, -0.25) is 4.79 Å². The lowest BCUT2D eigenvalue weighted by Gasteiger charge is -2.64. The maximum atomic E-state index is 12.7. The van der Waals surface area contributed by atoms with Crippen LogP contribution in [0.1, 0.15) is 78.6 Å². The van der Waals surface area contributed by atoms with E-state index in [0.29, 0.717) is 17.8 Å². The Balaban J connectivity index is 0.00000304. The van der Waals surface area contributed by atoms with Gasteiger partial charge in [-0.2, -0.15) is 0 Å². The molecule has 4 saturated carbocycles. The van der Waals surface area contributed by atoms with Crippen molar-refractivity contribution >= 4 is 18.3 Å². The average molecular weight is 531 g/mol. The van der Waals surface area contributed by atoms with Crippen LogP contribution < -0.4 is 11.1 Å². The second-order valence-electron chi connectivity index (χ2n) is 12.9. The summed E-state index contributed by atoms with van der Waals surface area (Å²) in [5, 5.41) is 33.4. The summed E-state index contributed by atoms with van der Waals surface area (Å²) in [5.41, 5.74) is 7.08. The number of nitrogens with two attached hydrogens (primary N) is 1. The van der Waals surface area contributed by atoms with Crippen molar-refractivity contribution in [1.29, 1.82) is 0 Å². The number of rotatable bonds is 3. The van der Waals surface area contributed by atoms with Crippen LogP contribution in [0.5, 0.6) is 0 Å². The average Bonchev–Trinajstić information content (AvgIpc) is 3.12. The van der Waals surface area contributed by atoms with E-state index >= 15 is 0 Å². The summed E-state index contributed by atoms with van der Waals surface area (Å²) in [6.07, 6.45) is 3.78. The fourth-order valence-corrected chi connectivity index (χ4v) is 9.32. The zero-order valence-electron chi connectivity index (χ0n) is 22.2. The van der Waals surface area contributed by atoms with Gasteiger partial charge in [-0.05, 0) is 93.3 Å². The minimum Gasteiger partial charge on any atom is -0.388 e. The van der Waals surface area contributed by atoms with Gasteiger partial charge in [0, 0.05) is 18.5 Å². The van der Waals surface area contributed by atoms with Gasteiger partial charge < -0.3 is 35.8 Å². The molecule has 5 rings (SSSR count). The molecule has 5 fully saturated rings. The molecule has 4 unspecified atom stereocenters. The highest BCUT2D eigenvalue weighted by atomic mass is 35.5. The summed E-state index contributed by atoms with van der Waals surface area (Å²) >= 11 is 0. The largest absolute Gasteiger partial charge is 0.388 e. The Bertz CT molecular complexity index is 834. The Morgan fingerprint density at radius 2 is 1.69 bits per heavy atom. The number of aliphatic hydroxyl groups excluding tert-OH is 3. The Hall–Kier alpha value is -0.480. The molecule has 0 aromatic rings. The number of aliphatic hydroxyl groups is 3. The summed E-state index contributed by atoms with van der Waals surface area (Å²) in [7, 11) is 1.74. The minimum absolute atomic E-state index is 0. The molecule has 208 valence electrons. The number of fused-ring (bicyclic) bond motifs is 5. The SMILES string of the molecule is CNC(=O)C1CCC2(N)[C@@H]3CCC4CC(O[C@@H]5O[C@@H](C)[C@H](O)[C@@H](O)[C@H]5O)CC[C@]4(C)[C@H]3CC[C@]12C.Cl. The molecule has 36 heavy (non-hydrogen) atoms. The van der Waals surface area contributed by atoms with E-state index < -0.39 is 30.7 Å². The van der Waals surface area contributed by atoms with E-state index in [4.69, 9.17) is 15.2 Å². The topological polar surface area (TPSA) is 134 Å². The molecule has 1 saturated heterocycles. The van der Waals surface area contributed by atoms with Gasteiger partial charge in [0.1, 0.15) is 18.3 Å². The number of hydrogen-bond acceptors (Lipinski definition) is 7. The molecule has 1 amide bonds. The van der Waals surface area contributed by atoms with Crippen molar-refractivity contribution in [3.05, 3.63) is 0 Å². The van der Waals surface area contributed by atoms with E-state index in [2.05, 4.69) is 19.2 Å². The first-order chi connectivity index (χ1) is 16.5. The molecule has 0 spiro atoms. The molecule has 6 N–H and O–H groups in total. The quantitative estimate of drug-likeness (QED) is 0.353. The first-order valence-electron chi connectivity index (χ1n) is 13.8. The van der Waals surface area contributed by atoms with Crippen LogP contribution in [0.4, 0.5) is 0 Å². The van der Waals surface area contributed by atoms with Gasteiger partial charge in [-0.15, -0.1) is 12.4 Å². The number of carbonyl (C=O) groups excluding carboxylic acids is 1. The molecule has 5 aliphatic rings. The maximum Gasteiger partial charge on any atom is 0.223 e. The predicted molar refractivity (Wildman–Crippen MR) is 137 cm³/mol. The van der Waals surface area contributed by atoms with E-state index in [1.807, 2.05) is 0 Å². The van der Waals surface area contributed by atoms with Gasteiger partial charge in [0.25, 0.3) is 0 Å². The zero-order valence-corrected chi connectivity index (χ0v) is 23.0. The van der Waals surface area contributed by atoms with Crippen LogP contribution in [0.3, 0.4) is 0 Å². The third-order valence-corrected chi connectivity index (χ3v) is 11.7. The van der Waals surface area contributed by atoms with Crippen molar-refractivity contribution in [2.75, 3.05) is 7.05 Å².